The van der Waals surface area contributed by atoms with Crippen molar-refractivity contribution in [3.63, 3.8) is 0 Å². The van der Waals surface area contributed by atoms with Crippen LogP contribution < -0.4 is 15.0 Å². The van der Waals surface area contributed by atoms with Gasteiger partial charge in [-0.05, 0) is 67.3 Å². The molecular weight excluding hydrogens is 631 g/mol. The molecule has 4 aromatic rings. The van der Waals surface area contributed by atoms with E-state index in [2.05, 4.69) is 32.1 Å². The van der Waals surface area contributed by atoms with Crippen LogP contribution in [0, 0.1) is 34.9 Å². The van der Waals surface area contributed by atoms with Gasteiger partial charge in [0.25, 0.3) is 0 Å². The number of nitrogens with zero attached hydrogens (tertiary/aromatic N) is 5. The maximum atomic E-state index is 17.2. The number of nitriles is 1. The SMILES string of the molecule is C#Cc1c(Cl)ccc2cc(O)cc(-c3c(C#N)cc4c(N5CC6CCC(C5)N6)nc(OCC5(CN6C[C@@H]7C[C@H]6CO7)CC5)nc4c3F)c12. The molecule has 11 heteroatoms. The Balaban J connectivity index is 1.17. The monoisotopic (exact) mass is 664 g/mol. The molecule has 9 nitrogen and oxygen atoms in total. The highest BCUT2D eigenvalue weighted by atomic mass is 35.5. The van der Waals surface area contributed by atoms with Crippen molar-refractivity contribution in [1.82, 2.24) is 20.2 Å². The average molecular weight is 665 g/mol. The van der Waals surface area contributed by atoms with Crippen LogP contribution >= 0.6 is 11.6 Å². The van der Waals surface area contributed by atoms with Crippen molar-refractivity contribution in [2.45, 2.75) is 56.3 Å². The van der Waals surface area contributed by atoms with E-state index < -0.39 is 5.82 Å². The van der Waals surface area contributed by atoms with Crippen molar-refractivity contribution in [3.8, 4) is 41.3 Å². The molecular formula is C37H34ClFN6O3. The van der Waals surface area contributed by atoms with E-state index in [1.165, 1.54) is 6.07 Å². The molecule has 48 heavy (non-hydrogen) atoms. The van der Waals surface area contributed by atoms with Crippen LogP contribution in [0.3, 0.4) is 0 Å². The lowest BCUT2D eigenvalue weighted by atomic mass is 9.90. The fraction of sp³-hybridized carbons (Fsp3) is 0.432. The molecule has 5 heterocycles. The molecule has 5 aliphatic rings. The second kappa shape index (κ2) is 11.2. The van der Waals surface area contributed by atoms with E-state index in [0.29, 0.717) is 76.5 Å². The smallest absolute Gasteiger partial charge is 0.319 e. The molecule has 0 radical (unpaired) electrons. The Hall–Kier alpha value is -4.19. The summed E-state index contributed by atoms with van der Waals surface area (Å²) in [6.07, 6.45) is 11.5. The van der Waals surface area contributed by atoms with Crippen molar-refractivity contribution in [1.29, 1.82) is 5.26 Å². The summed E-state index contributed by atoms with van der Waals surface area (Å²) in [6.45, 7) is 4.54. The first-order chi connectivity index (χ1) is 23.3. The number of ether oxygens (including phenoxy) is 2. The molecule has 244 valence electrons. The van der Waals surface area contributed by atoms with Crippen LogP contribution in [0.5, 0.6) is 11.8 Å². The highest BCUT2D eigenvalue weighted by Gasteiger charge is 2.49. The minimum Gasteiger partial charge on any atom is -0.508 e. The summed E-state index contributed by atoms with van der Waals surface area (Å²) in [5.41, 5.74) is 0.743. The molecule has 0 spiro atoms. The van der Waals surface area contributed by atoms with Crippen LogP contribution in [0.1, 0.15) is 43.2 Å². The molecule has 9 rings (SSSR count). The number of phenolic OH excluding ortho intramolecular Hbond substituents is 1. The fourth-order valence-corrected chi connectivity index (χ4v) is 8.64. The van der Waals surface area contributed by atoms with Crippen molar-refractivity contribution in [2.75, 3.05) is 44.3 Å². The predicted molar refractivity (Wildman–Crippen MR) is 181 cm³/mol. The lowest BCUT2D eigenvalue weighted by Gasteiger charge is -2.34. The summed E-state index contributed by atoms with van der Waals surface area (Å²) in [6, 6.07) is 11.4. The molecule has 2 unspecified atom stereocenters. The van der Waals surface area contributed by atoms with E-state index in [1.54, 1.807) is 24.3 Å². The Bertz CT molecular complexity index is 2080. The first kappa shape index (κ1) is 29.9. The number of halogens is 2. The molecule has 0 amide bonds. The Labute approximate surface area is 282 Å². The number of benzene rings is 3. The third kappa shape index (κ3) is 4.93. The lowest BCUT2D eigenvalue weighted by Crippen LogP contribution is -2.51. The van der Waals surface area contributed by atoms with E-state index in [1.807, 2.05) is 0 Å². The number of nitrogens with one attached hydrogen (secondary N) is 1. The first-order valence-corrected chi connectivity index (χ1v) is 17.1. The zero-order valence-corrected chi connectivity index (χ0v) is 27.1. The summed E-state index contributed by atoms with van der Waals surface area (Å²) in [4.78, 5) is 14.3. The number of fused-ring (bicyclic) bond motifs is 6. The van der Waals surface area contributed by atoms with Gasteiger partial charge in [0, 0.05) is 66.1 Å². The molecule has 4 aliphatic heterocycles. The number of piperazine rings is 1. The third-order valence-electron chi connectivity index (χ3n) is 11.0. The Morgan fingerprint density at radius 2 is 1.98 bits per heavy atom. The van der Waals surface area contributed by atoms with E-state index in [0.717, 1.165) is 51.8 Å². The zero-order chi connectivity index (χ0) is 32.7. The number of aromatic hydroxyl groups is 1. The van der Waals surface area contributed by atoms with Gasteiger partial charge in [0.15, 0.2) is 5.82 Å². The number of terminal acetylenes is 1. The van der Waals surface area contributed by atoms with Crippen LogP contribution in [0.4, 0.5) is 10.2 Å². The Morgan fingerprint density at radius 1 is 1.17 bits per heavy atom. The summed E-state index contributed by atoms with van der Waals surface area (Å²) in [5.74, 6) is 2.38. The molecule has 4 saturated heterocycles. The molecule has 5 fully saturated rings. The Kier molecular flexibility index (Phi) is 6.97. The van der Waals surface area contributed by atoms with Crippen molar-refractivity contribution < 1.29 is 19.0 Å². The number of hydrogen-bond acceptors (Lipinski definition) is 9. The number of likely N-dealkylation sites (tertiary alicyclic amines) is 1. The molecule has 1 aromatic heterocycles. The number of anilines is 1. The van der Waals surface area contributed by atoms with E-state index in [9.17, 15) is 10.4 Å². The summed E-state index contributed by atoms with van der Waals surface area (Å²) < 4.78 is 29.4. The number of aromatic nitrogens is 2. The molecule has 2 N–H and O–H groups in total. The minimum absolute atomic E-state index is 0.00869. The highest BCUT2D eigenvalue weighted by Crippen LogP contribution is 2.48. The summed E-state index contributed by atoms with van der Waals surface area (Å²) in [5, 5.41) is 26.6. The van der Waals surface area contributed by atoms with Crippen molar-refractivity contribution >= 4 is 39.1 Å². The van der Waals surface area contributed by atoms with Crippen LogP contribution in [-0.2, 0) is 4.74 Å². The van der Waals surface area contributed by atoms with Crippen molar-refractivity contribution in [3.05, 3.63) is 52.3 Å². The van der Waals surface area contributed by atoms with Gasteiger partial charge in [-0.2, -0.15) is 15.2 Å². The van der Waals surface area contributed by atoms with E-state index in [-0.39, 0.29) is 39.4 Å². The van der Waals surface area contributed by atoms with E-state index in [4.69, 9.17) is 32.5 Å². The predicted octanol–water partition coefficient (Wildman–Crippen LogP) is 5.37. The van der Waals surface area contributed by atoms with Crippen LogP contribution in [0.15, 0.2) is 30.3 Å². The standard InChI is InChI=1S/C37H34ClFN6O3/c1-2-27-30(38)6-3-20-9-25(46)12-28(31(20)27)32-21(13-40)10-29-34(33(32)39)42-36(43-35(29)44-14-22-4-5-23(15-44)41-22)48-19-37(7-8-37)18-45-16-26-11-24(45)17-47-26/h1,3,6,9-10,12,22-24,26,41,46H,4-5,7-8,11,14-19H2/t22?,23?,24-,26-/m0/s1. The van der Waals surface area contributed by atoms with Gasteiger partial charge in [0.2, 0.25) is 0 Å². The summed E-state index contributed by atoms with van der Waals surface area (Å²) >= 11 is 6.49. The molecule has 1 saturated carbocycles. The maximum absolute atomic E-state index is 17.2. The van der Waals surface area contributed by atoms with Gasteiger partial charge in [-0.25, -0.2) is 4.39 Å². The topological polar surface area (TPSA) is 107 Å². The molecule has 4 bridgehead atoms. The number of morpholine rings is 1. The first-order valence-electron chi connectivity index (χ1n) is 16.7. The van der Waals surface area contributed by atoms with Gasteiger partial charge in [-0.15, -0.1) is 6.42 Å². The van der Waals surface area contributed by atoms with Gasteiger partial charge in [0.1, 0.15) is 17.1 Å². The fourth-order valence-electron chi connectivity index (χ4n) is 8.43. The van der Waals surface area contributed by atoms with Crippen LogP contribution in [-0.4, -0.2) is 83.6 Å². The van der Waals surface area contributed by atoms with Gasteiger partial charge in [-0.3, -0.25) is 4.90 Å². The number of phenols is 1. The minimum atomic E-state index is -0.709. The summed E-state index contributed by atoms with van der Waals surface area (Å²) in [7, 11) is 0. The van der Waals surface area contributed by atoms with Crippen LogP contribution in [0.2, 0.25) is 5.02 Å². The Morgan fingerprint density at radius 3 is 2.67 bits per heavy atom. The zero-order valence-electron chi connectivity index (χ0n) is 26.3. The van der Waals surface area contributed by atoms with Gasteiger partial charge in [0.05, 0.1) is 41.5 Å². The number of hydrogen-bond donors (Lipinski definition) is 2. The normalized spacial score (nSPS) is 25.5. The average Bonchev–Trinajstić information content (AvgIpc) is 3.34. The van der Waals surface area contributed by atoms with Gasteiger partial charge >= 0.3 is 6.01 Å². The van der Waals surface area contributed by atoms with E-state index >= 15 is 4.39 Å². The van der Waals surface area contributed by atoms with Crippen LogP contribution in [0.25, 0.3) is 32.8 Å². The molecule has 3 aromatic carbocycles. The van der Waals surface area contributed by atoms with Gasteiger partial charge in [-0.1, -0.05) is 23.6 Å². The van der Waals surface area contributed by atoms with Gasteiger partial charge < -0.3 is 24.8 Å². The third-order valence-corrected chi connectivity index (χ3v) is 11.3. The number of rotatable bonds is 7. The largest absolute Gasteiger partial charge is 0.508 e. The lowest BCUT2D eigenvalue weighted by molar-refractivity contribution is 0.0176. The van der Waals surface area contributed by atoms with Crippen molar-refractivity contribution in [2.24, 2.45) is 5.41 Å². The molecule has 4 atom stereocenters. The quantitative estimate of drug-likeness (QED) is 0.252. The second-order valence-corrected chi connectivity index (χ2v) is 14.6. The molecule has 1 aliphatic carbocycles. The highest BCUT2D eigenvalue weighted by molar-refractivity contribution is 6.33. The maximum Gasteiger partial charge on any atom is 0.319 e. The second-order valence-electron chi connectivity index (χ2n) is 14.2.